The van der Waals surface area contributed by atoms with Crippen LogP contribution in [0.5, 0.6) is 0 Å². The molecule has 0 bridgehead atoms. The molecule has 0 aliphatic carbocycles. The number of nitrogens with zero attached hydrogens (tertiary/aromatic N) is 8. The summed E-state index contributed by atoms with van der Waals surface area (Å²) in [5.74, 6) is 0.370. The molecule has 3 aromatic heterocycles. The number of hydrogen-bond donors (Lipinski definition) is 2. The second-order valence-corrected chi connectivity index (χ2v) is 8.77. The predicted molar refractivity (Wildman–Crippen MR) is 130 cm³/mol. The zero-order valence-corrected chi connectivity index (χ0v) is 19.6. The van der Waals surface area contributed by atoms with Crippen molar-refractivity contribution in [1.82, 2.24) is 29.9 Å². The van der Waals surface area contributed by atoms with Gasteiger partial charge in [-0.05, 0) is 50.5 Å². The van der Waals surface area contributed by atoms with E-state index in [1.54, 1.807) is 18.5 Å². The fourth-order valence-corrected chi connectivity index (χ4v) is 4.73. The predicted octanol–water partition coefficient (Wildman–Crippen LogP) is 3.53. The Kier molecular flexibility index (Phi) is 5.51. The minimum Gasteiger partial charge on any atom is -0.346 e. The second kappa shape index (κ2) is 8.52. The van der Waals surface area contributed by atoms with E-state index in [1.165, 1.54) is 0 Å². The Hall–Kier alpha value is -3.81. The molecule has 3 N–H and O–H groups in total. The fraction of sp³-hybridized carbons (Fsp3) is 0.304. The van der Waals surface area contributed by atoms with Gasteiger partial charge in [0.1, 0.15) is 17.4 Å². The first kappa shape index (κ1) is 22.0. The smallest absolute Gasteiger partial charge is 0.227 e. The summed E-state index contributed by atoms with van der Waals surface area (Å²) in [5.41, 5.74) is 10.0. The average molecular weight is 475 g/mol. The van der Waals surface area contributed by atoms with Crippen molar-refractivity contribution in [3.05, 3.63) is 58.8 Å². The summed E-state index contributed by atoms with van der Waals surface area (Å²) < 4.78 is 1.85. The van der Waals surface area contributed by atoms with Gasteiger partial charge in [-0.2, -0.15) is 15.5 Å². The molecule has 5 rings (SSSR count). The number of aromatic nitrogens is 6. The van der Waals surface area contributed by atoms with E-state index in [0.717, 1.165) is 35.1 Å². The van der Waals surface area contributed by atoms with Crippen molar-refractivity contribution in [3.8, 4) is 6.07 Å². The first-order valence-corrected chi connectivity index (χ1v) is 11.3. The van der Waals surface area contributed by atoms with Crippen molar-refractivity contribution in [2.24, 2.45) is 12.8 Å². The van der Waals surface area contributed by atoms with Crippen LogP contribution in [0, 0.1) is 18.3 Å². The molecule has 1 fully saturated rings. The van der Waals surface area contributed by atoms with E-state index in [9.17, 15) is 5.26 Å². The lowest BCUT2D eigenvalue weighted by Crippen LogP contribution is -2.57. The number of benzene rings is 1. The normalized spacial score (nSPS) is 18.1. The van der Waals surface area contributed by atoms with Crippen molar-refractivity contribution in [2.75, 3.05) is 16.8 Å². The third kappa shape index (κ3) is 3.69. The Morgan fingerprint density at radius 3 is 2.94 bits per heavy atom. The van der Waals surface area contributed by atoms with Crippen molar-refractivity contribution in [2.45, 2.75) is 31.8 Å². The van der Waals surface area contributed by atoms with Crippen LogP contribution in [0.15, 0.2) is 36.7 Å². The standard InChI is InChI=1S/C23H23ClN10/c1-14-16-6-5-15(11-18(16)32-33(14)2)29-22-27-13-17(24)21(30-22)23(26)8-3-4-10-34(23)20-7-9-28-31-19(20)12-25/h5-7,9,11,13H,3-4,8,10,26H2,1-2H3,(H,27,29,30). The monoisotopic (exact) mass is 474 g/mol. The quantitative estimate of drug-likeness (QED) is 0.455. The highest BCUT2D eigenvalue weighted by Crippen LogP contribution is 2.39. The van der Waals surface area contributed by atoms with Gasteiger partial charge in [-0.1, -0.05) is 11.6 Å². The van der Waals surface area contributed by atoms with Gasteiger partial charge in [-0.25, -0.2) is 9.97 Å². The lowest BCUT2D eigenvalue weighted by Gasteiger charge is -2.45. The molecule has 11 heteroatoms. The van der Waals surface area contributed by atoms with E-state index in [-0.39, 0.29) is 5.69 Å². The van der Waals surface area contributed by atoms with E-state index in [1.807, 2.05) is 41.8 Å². The molecule has 1 aliphatic heterocycles. The number of nitrogens with one attached hydrogen (secondary N) is 1. The summed E-state index contributed by atoms with van der Waals surface area (Å²) in [7, 11) is 1.92. The molecular formula is C23H23ClN10. The molecule has 4 heterocycles. The highest BCUT2D eigenvalue weighted by Gasteiger charge is 2.41. The van der Waals surface area contributed by atoms with Crippen molar-refractivity contribution in [1.29, 1.82) is 5.26 Å². The lowest BCUT2D eigenvalue weighted by atomic mass is 9.91. The van der Waals surface area contributed by atoms with Gasteiger partial charge in [0.05, 0.1) is 28.6 Å². The van der Waals surface area contributed by atoms with Crippen LogP contribution in [0.1, 0.15) is 36.3 Å². The lowest BCUT2D eigenvalue weighted by molar-refractivity contribution is 0.315. The molecular weight excluding hydrogens is 452 g/mol. The minimum absolute atomic E-state index is 0.210. The molecule has 1 saturated heterocycles. The van der Waals surface area contributed by atoms with E-state index >= 15 is 0 Å². The van der Waals surface area contributed by atoms with Gasteiger partial charge < -0.3 is 16.0 Å². The maximum Gasteiger partial charge on any atom is 0.227 e. The van der Waals surface area contributed by atoms with Crippen molar-refractivity contribution in [3.63, 3.8) is 0 Å². The zero-order valence-electron chi connectivity index (χ0n) is 18.8. The summed E-state index contributed by atoms with van der Waals surface area (Å²) in [6.45, 7) is 2.67. The van der Waals surface area contributed by atoms with Crippen LogP contribution in [0.25, 0.3) is 10.9 Å². The fourth-order valence-electron chi connectivity index (χ4n) is 4.47. The van der Waals surface area contributed by atoms with Gasteiger partial charge in [-0.15, -0.1) is 5.10 Å². The molecule has 4 aromatic rings. The van der Waals surface area contributed by atoms with Gasteiger partial charge in [0, 0.05) is 30.4 Å². The minimum atomic E-state index is -1.04. The topological polar surface area (TPSA) is 134 Å². The number of aryl methyl sites for hydroxylation is 2. The highest BCUT2D eigenvalue weighted by atomic mass is 35.5. The molecule has 1 atom stereocenters. The molecule has 10 nitrogen and oxygen atoms in total. The number of rotatable bonds is 4. The number of nitrogens with two attached hydrogens (primary N) is 1. The van der Waals surface area contributed by atoms with Gasteiger partial charge >= 0.3 is 0 Å². The molecule has 0 radical (unpaired) electrons. The number of hydrogen-bond acceptors (Lipinski definition) is 9. The summed E-state index contributed by atoms with van der Waals surface area (Å²) >= 11 is 6.58. The van der Waals surface area contributed by atoms with Crippen LogP contribution in [0.3, 0.4) is 0 Å². The number of halogens is 1. The Bertz CT molecular complexity index is 1430. The summed E-state index contributed by atoms with van der Waals surface area (Å²) in [6.07, 6.45) is 5.52. The molecule has 172 valence electrons. The Labute approximate surface area is 201 Å². The Morgan fingerprint density at radius 2 is 2.12 bits per heavy atom. The maximum absolute atomic E-state index is 9.56. The number of fused-ring (bicyclic) bond motifs is 1. The van der Waals surface area contributed by atoms with Crippen LogP contribution in [-0.4, -0.2) is 36.5 Å². The molecule has 1 aliphatic rings. The van der Waals surface area contributed by atoms with Gasteiger partial charge in [0.2, 0.25) is 5.95 Å². The highest BCUT2D eigenvalue weighted by molar-refractivity contribution is 6.31. The molecule has 0 saturated carbocycles. The SMILES string of the molecule is Cc1c2ccc(Nc3ncc(Cl)c(C4(N)CCCCN4c4ccnnc4C#N)n3)cc2nn1C. The van der Waals surface area contributed by atoms with Crippen LogP contribution in [0.4, 0.5) is 17.3 Å². The van der Waals surface area contributed by atoms with Crippen LogP contribution in [0.2, 0.25) is 5.02 Å². The Balaban J connectivity index is 1.53. The second-order valence-electron chi connectivity index (χ2n) is 8.37. The van der Waals surface area contributed by atoms with Crippen LogP contribution in [-0.2, 0) is 12.7 Å². The van der Waals surface area contributed by atoms with E-state index in [0.29, 0.717) is 35.3 Å². The first-order valence-electron chi connectivity index (χ1n) is 10.9. The average Bonchev–Trinajstić information content (AvgIpc) is 3.13. The zero-order chi connectivity index (χ0) is 23.9. The molecule has 1 unspecified atom stereocenters. The summed E-state index contributed by atoms with van der Waals surface area (Å²) in [4.78, 5) is 11.0. The first-order chi connectivity index (χ1) is 16.4. The third-order valence-electron chi connectivity index (χ3n) is 6.31. The maximum atomic E-state index is 9.56. The molecule has 34 heavy (non-hydrogen) atoms. The molecule has 0 amide bonds. The van der Waals surface area contributed by atoms with Gasteiger partial charge in [0.15, 0.2) is 5.69 Å². The van der Waals surface area contributed by atoms with Gasteiger partial charge in [-0.3, -0.25) is 4.68 Å². The van der Waals surface area contributed by atoms with Crippen molar-refractivity contribution >= 4 is 39.8 Å². The van der Waals surface area contributed by atoms with Crippen molar-refractivity contribution < 1.29 is 0 Å². The van der Waals surface area contributed by atoms with E-state index < -0.39 is 5.66 Å². The largest absolute Gasteiger partial charge is 0.346 e. The molecule has 1 aromatic carbocycles. The Morgan fingerprint density at radius 1 is 1.26 bits per heavy atom. The number of nitriles is 1. The van der Waals surface area contributed by atoms with Crippen LogP contribution >= 0.6 is 11.6 Å². The van der Waals surface area contributed by atoms with E-state index in [2.05, 4.69) is 31.7 Å². The van der Waals surface area contributed by atoms with Crippen LogP contribution < -0.4 is 16.0 Å². The third-order valence-corrected chi connectivity index (χ3v) is 6.58. The van der Waals surface area contributed by atoms with E-state index in [4.69, 9.17) is 22.3 Å². The number of anilines is 3. The number of piperidine rings is 1. The van der Waals surface area contributed by atoms with Gasteiger partial charge in [0.25, 0.3) is 0 Å². The summed E-state index contributed by atoms with van der Waals surface area (Å²) in [5, 5.41) is 26.6. The molecule has 0 spiro atoms. The summed E-state index contributed by atoms with van der Waals surface area (Å²) in [6, 6.07) is 9.78.